The molecule has 0 radical (unpaired) electrons. The number of nitrogens with zero attached hydrogens (tertiary/aromatic N) is 2. The fraction of sp³-hybridized carbons (Fsp3) is 0.700. The van der Waals surface area contributed by atoms with Gasteiger partial charge in [-0.3, -0.25) is 4.90 Å². The van der Waals surface area contributed by atoms with Gasteiger partial charge in [-0.15, -0.1) is 0 Å². The van der Waals surface area contributed by atoms with E-state index in [1.54, 1.807) is 0 Å². The molecule has 1 N–H and O–H groups in total. The van der Waals surface area contributed by atoms with Gasteiger partial charge in [0.05, 0.1) is 6.04 Å². The first-order valence-corrected chi connectivity index (χ1v) is 4.86. The molecule has 1 rings (SSSR count). The van der Waals surface area contributed by atoms with Gasteiger partial charge in [-0.2, -0.15) is 0 Å². The van der Waals surface area contributed by atoms with Crippen molar-refractivity contribution in [2.24, 2.45) is 5.92 Å². The highest BCUT2D eigenvalue weighted by atomic mass is 15.2. The number of imidazole rings is 1. The van der Waals surface area contributed by atoms with E-state index in [9.17, 15) is 0 Å². The predicted molar refractivity (Wildman–Crippen MR) is 54.5 cm³/mol. The van der Waals surface area contributed by atoms with Crippen LogP contribution in [0.1, 0.15) is 32.6 Å². The molecule has 0 amide bonds. The summed E-state index contributed by atoms with van der Waals surface area (Å²) in [5.41, 5.74) is 0. The third-order valence-electron chi connectivity index (χ3n) is 2.40. The summed E-state index contributed by atoms with van der Waals surface area (Å²) < 4.78 is 0. The van der Waals surface area contributed by atoms with Crippen molar-refractivity contribution < 1.29 is 0 Å². The van der Waals surface area contributed by atoms with Crippen LogP contribution in [0.5, 0.6) is 0 Å². The first-order chi connectivity index (χ1) is 6.16. The van der Waals surface area contributed by atoms with Gasteiger partial charge < -0.3 is 4.98 Å². The molecule has 0 bridgehead atoms. The number of nitrogens with one attached hydrogen (secondary N) is 1. The van der Waals surface area contributed by atoms with E-state index < -0.39 is 0 Å². The number of rotatable bonds is 4. The lowest BCUT2D eigenvalue weighted by molar-refractivity contribution is 0.195. The fourth-order valence-electron chi connectivity index (χ4n) is 1.67. The van der Waals surface area contributed by atoms with E-state index in [2.05, 4.69) is 42.7 Å². The van der Waals surface area contributed by atoms with E-state index in [-0.39, 0.29) is 0 Å². The Balaban J connectivity index is 2.80. The largest absolute Gasteiger partial charge is 0.347 e. The van der Waals surface area contributed by atoms with Gasteiger partial charge >= 0.3 is 0 Å². The van der Waals surface area contributed by atoms with Crippen molar-refractivity contribution in [3.8, 4) is 0 Å². The molecule has 0 saturated carbocycles. The first kappa shape index (κ1) is 10.3. The lowest BCUT2D eigenvalue weighted by Crippen LogP contribution is -2.29. The highest BCUT2D eigenvalue weighted by molar-refractivity contribution is 4.97. The molecule has 0 aliphatic rings. The Morgan fingerprint density at radius 3 is 2.62 bits per heavy atom. The number of H-pyrrole nitrogens is 1. The Morgan fingerprint density at radius 1 is 1.54 bits per heavy atom. The van der Waals surface area contributed by atoms with Gasteiger partial charge in [0.2, 0.25) is 0 Å². The number of aromatic nitrogens is 2. The standard InChI is InChI=1S/C10H19N3/c1-5-13(4)9(8(2)3)10-11-6-7-12-10/h6-9H,5H2,1-4H3,(H,11,12). The predicted octanol–water partition coefficient (Wildman–Crippen LogP) is 2.06. The van der Waals surface area contributed by atoms with Crippen LogP contribution in [0.25, 0.3) is 0 Å². The zero-order chi connectivity index (χ0) is 9.84. The van der Waals surface area contributed by atoms with E-state index >= 15 is 0 Å². The maximum absolute atomic E-state index is 4.31. The van der Waals surface area contributed by atoms with Crippen molar-refractivity contribution in [3.63, 3.8) is 0 Å². The van der Waals surface area contributed by atoms with Gasteiger partial charge in [-0.05, 0) is 19.5 Å². The van der Waals surface area contributed by atoms with Crippen molar-refractivity contribution >= 4 is 0 Å². The molecular formula is C10H19N3. The number of hydrogen-bond acceptors (Lipinski definition) is 2. The van der Waals surface area contributed by atoms with Crippen LogP contribution in [0.3, 0.4) is 0 Å². The Hall–Kier alpha value is -0.830. The SMILES string of the molecule is CCN(C)C(c1ncc[nH]1)C(C)C. The smallest absolute Gasteiger partial charge is 0.123 e. The van der Waals surface area contributed by atoms with Gasteiger partial charge in [0, 0.05) is 12.4 Å². The van der Waals surface area contributed by atoms with E-state index in [1.807, 2.05) is 12.4 Å². The van der Waals surface area contributed by atoms with E-state index in [1.165, 1.54) is 0 Å². The molecular weight excluding hydrogens is 162 g/mol. The molecule has 0 fully saturated rings. The highest BCUT2D eigenvalue weighted by Gasteiger charge is 2.21. The fourth-order valence-corrected chi connectivity index (χ4v) is 1.67. The Bertz CT molecular complexity index is 228. The highest BCUT2D eigenvalue weighted by Crippen LogP contribution is 2.23. The lowest BCUT2D eigenvalue weighted by atomic mass is 10.0. The summed E-state index contributed by atoms with van der Waals surface area (Å²) in [6.45, 7) is 7.65. The molecule has 3 heteroatoms. The molecule has 74 valence electrons. The molecule has 1 heterocycles. The maximum Gasteiger partial charge on any atom is 0.123 e. The van der Waals surface area contributed by atoms with Crippen LogP contribution in [-0.2, 0) is 0 Å². The second-order valence-corrected chi connectivity index (χ2v) is 3.74. The van der Waals surface area contributed by atoms with Crippen LogP contribution >= 0.6 is 0 Å². The molecule has 1 aromatic rings. The molecule has 0 aromatic carbocycles. The van der Waals surface area contributed by atoms with E-state index in [0.717, 1.165) is 12.4 Å². The minimum absolute atomic E-state index is 0.403. The molecule has 0 aliphatic carbocycles. The minimum atomic E-state index is 0.403. The van der Waals surface area contributed by atoms with E-state index in [4.69, 9.17) is 0 Å². The minimum Gasteiger partial charge on any atom is -0.347 e. The van der Waals surface area contributed by atoms with Gasteiger partial charge in [-0.25, -0.2) is 4.98 Å². The van der Waals surface area contributed by atoms with Crippen LogP contribution in [0.2, 0.25) is 0 Å². The molecule has 13 heavy (non-hydrogen) atoms. The topological polar surface area (TPSA) is 31.9 Å². The summed E-state index contributed by atoms with van der Waals surface area (Å²) in [5.74, 6) is 1.65. The molecule has 0 aliphatic heterocycles. The summed E-state index contributed by atoms with van der Waals surface area (Å²) in [6.07, 6.45) is 3.70. The zero-order valence-electron chi connectivity index (χ0n) is 8.91. The van der Waals surface area contributed by atoms with Gasteiger partial charge in [-0.1, -0.05) is 20.8 Å². The first-order valence-electron chi connectivity index (χ1n) is 4.86. The third-order valence-corrected chi connectivity index (χ3v) is 2.40. The Kier molecular flexibility index (Phi) is 3.48. The molecule has 3 nitrogen and oxygen atoms in total. The van der Waals surface area contributed by atoms with Crippen molar-refractivity contribution in [1.29, 1.82) is 0 Å². The molecule has 1 atom stereocenters. The summed E-state index contributed by atoms with van der Waals surface area (Å²) in [4.78, 5) is 9.80. The number of aromatic amines is 1. The van der Waals surface area contributed by atoms with Crippen LogP contribution in [0.4, 0.5) is 0 Å². The van der Waals surface area contributed by atoms with Crippen molar-refractivity contribution in [2.45, 2.75) is 26.8 Å². The van der Waals surface area contributed by atoms with Crippen LogP contribution in [-0.4, -0.2) is 28.5 Å². The van der Waals surface area contributed by atoms with Crippen molar-refractivity contribution in [3.05, 3.63) is 18.2 Å². The Labute approximate surface area is 80.2 Å². The summed E-state index contributed by atoms with van der Waals surface area (Å²) in [7, 11) is 2.13. The third kappa shape index (κ3) is 2.31. The normalized spacial score (nSPS) is 14.0. The van der Waals surface area contributed by atoms with Crippen LogP contribution in [0, 0.1) is 5.92 Å². The van der Waals surface area contributed by atoms with E-state index in [0.29, 0.717) is 12.0 Å². The average molecular weight is 181 g/mol. The Morgan fingerprint density at radius 2 is 2.23 bits per heavy atom. The zero-order valence-corrected chi connectivity index (χ0v) is 8.91. The van der Waals surface area contributed by atoms with Gasteiger partial charge in [0.25, 0.3) is 0 Å². The monoisotopic (exact) mass is 181 g/mol. The lowest BCUT2D eigenvalue weighted by Gasteiger charge is -2.28. The van der Waals surface area contributed by atoms with Crippen LogP contribution < -0.4 is 0 Å². The quantitative estimate of drug-likeness (QED) is 0.771. The average Bonchev–Trinajstić information content (AvgIpc) is 2.56. The molecule has 0 saturated heterocycles. The summed E-state index contributed by atoms with van der Waals surface area (Å²) >= 11 is 0. The van der Waals surface area contributed by atoms with Gasteiger partial charge in [0.1, 0.15) is 5.82 Å². The summed E-state index contributed by atoms with van der Waals surface area (Å²) in [6, 6.07) is 0.403. The second-order valence-electron chi connectivity index (χ2n) is 3.74. The number of hydrogen-bond donors (Lipinski definition) is 1. The maximum atomic E-state index is 4.31. The molecule has 0 spiro atoms. The molecule has 1 aromatic heterocycles. The van der Waals surface area contributed by atoms with Crippen molar-refractivity contribution in [1.82, 2.24) is 14.9 Å². The van der Waals surface area contributed by atoms with Gasteiger partial charge in [0.15, 0.2) is 0 Å². The molecule has 1 unspecified atom stereocenters. The van der Waals surface area contributed by atoms with Crippen molar-refractivity contribution in [2.75, 3.05) is 13.6 Å². The van der Waals surface area contributed by atoms with Crippen LogP contribution in [0.15, 0.2) is 12.4 Å². The second kappa shape index (κ2) is 4.42. The summed E-state index contributed by atoms with van der Waals surface area (Å²) in [5, 5.41) is 0.